The Morgan fingerprint density at radius 1 is 1.19 bits per heavy atom. The van der Waals surface area contributed by atoms with E-state index >= 15 is 0 Å². The molecule has 1 heterocycles. The molecule has 1 aliphatic carbocycles. The fourth-order valence-corrected chi connectivity index (χ4v) is 2.80. The number of benzene rings is 1. The summed E-state index contributed by atoms with van der Waals surface area (Å²) in [7, 11) is 0. The molecule has 0 fully saturated rings. The highest BCUT2D eigenvalue weighted by Gasteiger charge is 2.28. The van der Waals surface area contributed by atoms with Crippen LogP contribution in [0.25, 0.3) is 5.69 Å². The zero-order valence-electron chi connectivity index (χ0n) is 12.8. The Bertz CT molecular complexity index is 665. The quantitative estimate of drug-likeness (QED) is 0.921. The third-order valence-corrected chi connectivity index (χ3v) is 3.63. The Morgan fingerprint density at radius 3 is 2.57 bits per heavy atom. The fourth-order valence-electron chi connectivity index (χ4n) is 2.80. The van der Waals surface area contributed by atoms with Gasteiger partial charge in [-0.1, -0.05) is 18.2 Å². The van der Waals surface area contributed by atoms with E-state index in [0.717, 1.165) is 30.5 Å². The standard InChI is InChI=1S/C17H21N3O/c1-17(2,3)18-16(21)15-13-10-7-11-14(13)20(19-15)12-8-5-4-6-9-12/h4-6,8-9H,7,10-11H2,1-3H3,(H,18,21). The second kappa shape index (κ2) is 5.02. The second-order valence-corrected chi connectivity index (χ2v) is 6.58. The van der Waals surface area contributed by atoms with Gasteiger partial charge in [0.15, 0.2) is 5.69 Å². The highest BCUT2D eigenvalue weighted by atomic mass is 16.2. The van der Waals surface area contributed by atoms with Crippen LogP contribution in [0.5, 0.6) is 0 Å². The van der Waals surface area contributed by atoms with E-state index in [1.54, 1.807) is 0 Å². The minimum absolute atomic E-state index is 0.0738. The van der Waals surface area contributed by atoms with E-state index in [2.05, 4.69) is 10.4 Å². The molecule has 4 heteroatoms. The molecule has 1 aromatic heterocycles. The molecular weight excluding hydrogens is 262 g/mol. The number of rotatable bonds is 2. The van der Waals surface area contributed by atoms with E-state index in [-0.39, 0.29) is 11.4 Å². The van der Waals surface area contributed by atoms with Crippen LogP contribution < -0.4 is 5.32 Å². The van der Waals surface area contributed by atoms with Crippen molar-refractivity contribution in [2.45, 2.75) is 45.6 Å². The van der Waals surface area contributed by atoms with E-state index in [4.69, 9.17) is 0 Å². The predicted octanol–water partition coefficient (Wildman–Crippen LogP) is 2.89. The van der Waals surface area contributed by atoms with E-state index < -0.39 is 0 Å². The van der Waals surface area contributed by atoms with Crippen LogP contribution >= 0.6 is 0 Å². The molecule has 0 saturated carbocycles. The van der Waals surface area contributed by atoms with Crippen molar-refractivity contribution >= 4 is 5.91 Å². The summed E-state index contributed by atoms with van der Waals surface area (Å²) in [6.07, 6.45) is 3.02. The van der Waals surface area contributed by atoms with Gasteiger partial charge in [0.05, 0.1) is 5.69 Å². The summed E-state index contributed by atoms with van der Waals surface area (Å²) in [5, 5.41) is 7.61. The van der Waals surface area contributed by atoms with Crippen molar-refractivity contribution in [1.82, 2.24) is 15.1 Å². The van der Waals surface area contributed by atoms with Crippen LogP contribution in [0.3, 0.4) is 0 Å². The van der Waals surface area contributed by atoms with E-state index in [1.165, 1.54) is 5.69 Å². The van der Waals surface area contributed by atoms with Crippen LogP contribution in [0.2, 0.25) is 0 Å². The third-order valence-electron chi connectivity index (χ3n) is 3.63. The molecule has 1 aromatic carbocycles. The Balaban J connectivity index is 2.02. The average molecular weight is 283 g/mol. The van der Waals surface area contributed by atoms with Gasteiger partial charge in [-0.3, -0.25) is 4.79 Å². The van der Waals surface area contributed by atoms with Gasteiger partial charge in [0.2, 0.25) is 0 Å². The maximum Gasteiger partial charge on any atom is 0.272 e. The molecule has 0 saturated heterocycles. The van der Waals surface area contributed by atoms with Gasteiger partial charge in [0.1, 0.15) is 0 Å². The molecule has 2 aromatic rings. The van der Waals surface area contributed by atoms with Crippen molar-refractivity contribution < 1.29 is 4.79 Å². The lowest BCUT2D eigenvalue weighted by molar-refractivity contribution is 0.0913. The number of hydrogen-bond donors (Lipinski definition) is 1. The van der Waals surface area contributed by atoms with Crippen molar-refractivity contribution in [2.24, 2.45) is 0 Å². The zero-order chi connectivity index (χ0) is 15.0. The molecule has 1 N–H and O–H groups in total. The molecule has 1 amide bonds. The van der Waals surface area contributed by atoms with E-state index in [9.17, 15) is 4.79 Å². The summed E-state index contributed by atoms with van der Waals surface area (Å²) in [5.41, 5.74) is 3.65. The molecule has 110 valence electrons. The van der Waals surface area contributed by atoms with Crippen LogP contribution in [0.4, 0.5) is 0 Å². The van der Waals surface area contributed by atoms with Gasteiger partial charge in [-0.25, -0.2) is 4.68 Å². The smallest absolute Gasteiger partial charge is 0.272 e. The van der Waals surface area contributed by atoms with E-state index in [0.29, 0.717) is 5.69 Å². The Kier molecular flexibility index (Phi) is 3.32. The maximum absolute atomic E-state index is 12.5. The minimum atomic E-state index is -0.251. The minimum Gasteiger partial charge on any atom is -0.346 e. The highest BCUT2D eigenvalue weighted by Crippen LogP contribution is 2.28. The van der Waals surface area contributed by atoms with Gasteiger partial charge < -0.3 is 5.32 Å². The number of nitrogens with one attached hydrogen (secondary N) is 1. The SMILES string of the molecule is CC(C)(C)NC(=O)c1nn(-c2ccccc2)c2c1CCC2. The van der Waals surface area contributed by atoms with Gasteiger partial charge in [-0.05, 0) is 52.2 Å². The number of para-hydroxylation sites is 1. The maximum atomic E-state index is 12.5. The van der Waals surface area contributed by atoms with Crippen LogP contribution in [0.1, 0.15) is 48.9 Å². The predicted molar refractivity (Wildman–Crippen MR) is 82.8 cm³/mol. The van der Waals surface area contributed by atoms with Gasteiger partial charge in [-0.15, -0.1) is 0 Å². The van der Waals surface area contributed by atoms with Gasteiger partial charge in [0, 0.05) is 16.8 Å². The summed E-state index contributed by atoms with van der Waals surface area (Å²) in [4.78, 5) is 12.5. The number of fused-ring (bicyclic) bond motifs is 1. The summed E-state index contributed by atoms with van der Waals surface area (Å²) >= 11 is 0. The summed E-state index contributed by atoms with van der Waals surface area (Å²) in [5.74, 6) is -0.0738. The van der Waals surface area contributed by atoms with Crippen molar-refractivity contribution in [1.29, 1.82) is 0 Å². The van der Waals surface area contributed by atoms with Crippen molar-refractivity contribution in [3.8, 4) is 5.69 Å². The fraction of sp³-hybridized carbons (Fsp3) is 0.412. The number of carbonyl (C=O) groups is 1. The highest BCUT2D eigenvalue weighted by molar-refractivity contribution is 5.94. The summed E-state index contributed by atoms with van der Waals surface area (Å²) in [6.45, 7) is 5.96. The monoisotopic (exact) mass is 283 g/mol. The van der Waals surface area contributed by atoms with Gasteiger partial charge >= 0.3 is 0 Å². The largest absolute Gasteiger partial charge is 0.346 e. The first-order valence-corrected chi connectivity index (χ1v) is 7.44. The number of aromatic nitrogens is 2. The number of hydrogen-bond acceptors (Lipinski definition) is 2. The number of nitrogens with zero attached hydrogens (tertiary/aromatic N) is 2. The first kappa shape index (κ1) is 13.9. The van der Waals surface area contributed by atoms with Crippen LogP contribution in [-0.4, -0.2) is 21.2 Å². The molecule has 0 bridgehead atoms. The van der Waals surface area contributed by atoms with Crippen LogP contribution in [0, 0.1) is 0 Å². The molecule has 21 heavy (non-hydrogen) atoms. The lowest BCUT2D eigenvalue weighted by Gasteiger charge is -2.19. The Morgan fingerprint density at radius 2 is 1.90 bits per heavy atom. The Hall–Kier alpha value is -2.10. The first-order valence-electron chi connectivity index (χ1n) is 7.44. The Labute approximate surface area is 125 Å². The number of amides is 1. The molecule has 0 radical (unpaired) electrons. The average Bonchev–Trinajstić information content (AvgIpc) is 2.98. The van der Waals surface area contributed by atoms with Gasteiger partial charge in [-0.2, -0.15) is 5.10 Å². The van der Waals surface area contributed by atoms with Crippen molar-refractivity contribution in [2.75, 3.05) is 0 Å². The van der Waals surface area contributed by atoms with Crippen molar-refractivity contribution in [3.05, 3.63) is 47.3 Å². The van der Waals surface area contributed by atoms with Gasteiger partial charge in [0.25, 0.3) is 5.91 Å². The lowest BCUT2D eigenvalue weighted by atomic mass is 10.1. The molecule has 1 aliphatic rings. The molecule has 0 unspecified atom stereocenters. The first-order chi connectivity index (χ1) is 9.96. The van der Waals surface area contributed by atoms with Crippen LogP contribution in [0.15, 0.2) is 30.3 Å². The van der Waals surface area contributed by atoms with E-state index in [1.807, 2.05) is 55.8 Å². The van der Waals surface area contributed by atoms with Crippen LogP contribution in [-0.2, 0) is 12.8 Å². The molecular formula is C17H21N3O. The number of carbonyl (C=O) groups excluding carboxylic acids is 1. The normalized spacial score (nSPS) is 14.0. The lowest BCUT2D eigenvalue weighted by Crippen LogP contribution is -2.41. The third kappa shape index (κ3) is 2.71. The molecule has 0 atom stereocenters. The topological polar surface area (TPSA) is 46.9 Å². The molecule has 0 spiro atoms. The zero-order valence-corrected chi connectivity index (χ0v) is 12.8. The second-order valence-electron chi connectivity index (χ2n) is 6.58. The molecule has 0 aliphatic heterocycles. The molecule has 4 nitrogen and oxygen atoms in total. The summed E-state index contributed by atoms with van der Waals surface area (Å²) < 4.78 is 1.93. The molecule has 3 rings (SSSR count). The van der Waals surface area contributed by atoms with Crippen molar-refractivity contribution in [3.63, 3.8) is 0 Å². The summed E-state index contributed by atoms with van der Waals surface area (Å²) in [6, 6.07) is 10.0.